The van der Waals surface area contributed by atoms with Crippen LogP contribution in [0.15, 0.2) is 59.7 Å². The second-order valence-electron chi connectivity index (χ2n) is 7.13. The van der Waals surface area contributed by atoms with Crippen LogP contribution in [-0.2, 0) is 6.54 Å². The normalized spacial score (nSPS) is 14.6. The van der Waals surface area contributed by atoms with Crippen LogP contribution < -0.4 is 5.43 Å². The van der Waals surface area contributed by atoms with E-state index in [0.717, 1.165) is 42.8 Å². The molecule has 2 aromatic carbocycles. The molecular weight excluding hydrogens is 366 g/mol. The first kappa shape index (κ1) is 18.9. The molecule has 0 radical (unpaired) electrons. The van der Waals surface area contributed by atoms with Crippen molar-refractivity contribution in [1.82, 2.24) is 30.5 Å². The summed E-state index contributed by atoms with van der Waals surface area (Å²) < 4.78 is 0. The molecule has 2 heterocycles. The van der Waals surface area contributed by atoms with E-state index in [0.29, 0.717) is 17.9 Å². The Balaban J connectivity index is 1.35. The van der Waals surface area contributed by atoms with Crippen molar-refractivity contribution in [3.05, 3.63) is 65.7 Å². The molecule has 0 atom stereocenters. The van der Waals surface area contributed by atoms with Crippen LogP contribution in [0.4, 0.5) is 0 Å². The van der Waals surface area contributed by atoms with E-state index in [2.05, 4.69) is 37.9 Å². The molecule has 8 heteroatoms. The highest BCUT2D eigenvalue weighted by Crippen LogP contribution is 2.13. The van der Waals surface area contributed by atoms with Gasteiger partial charge in [-0.05, 0) is 30.0 Å². The van der Waals surface area contributed by atoms with Gasteiger partial charge < -0.3 is 4.90 Å². The van der Waals surface area contributed by atoms with E-state index in [1.807, 2.05) is 42.5 Å². The van der Waals surface area contributed by atoms with E-state index >= 15 is 0 Å². The third-order valence-corrected chi connectivity index (χ3v) is 4.90. The summed E-state index contributed by atoms with van der Waals surface area (Å²) >= 11 is 0. The average molecular weight is 389 g/mol. The smallest absolute Gasteiger partial charge is 0.271 e. The summed E-state index contributed by atoms with van der Waals surface area (Å²) in [6, 6.07) is 17.1. The predicted octanol–water partition coefficient (Wildman–Crippen LogP) is 2.20. The molecule has 0 bridgehead atoms. The Labute approximate surface area is 169 Å². The first-order chi connectivity index (χ1) is 14.2. The maximum absolute atomic E-state index is 12.3. The summed E-state index contributed by atoms with van der Waals surface area (Å²) in [7, 11) is 2.09. The van der Waals surface area contributed by atoms with Crippen LogP contribution in [0, 0.1) is 0 Å². The number of piperidine rings is 1. The molecule has 148 valence electrons. The first-order valence-electron chi connectivity index (χ1n) is 9.64. The monoisotopic (exact) mass is 389 g/mol. The van der Waals surface area contributed by atoms with Gasteiger partial charge in [-0.25, -0.2) is 5.43 Å². The summed E-state index contributed by atoms with van der Waals surface area (Å²) in [6.45, 7) is 2.44. The molecule has 1 aliphatic heterocycles. The van der Waals surface area contributed by atoms with E-state index in [9.17, 15) is 4.79 Å². The second-order valence-corrected chi connectivity index (χ2v) is 7.13. The molecule has 3 aromatic rings. The van der Waals surface area contributed by atoms with Crippen molar-refractivity contribution in [2.45, 2.75) is 19.4 Å². The Morgan fingerprint density at radius 2 is 1.79 bits per heavy atom. The molecule has 4 rings (SSSR count). The average Bonchev–Trinajstić information content (AvgIpc) is 3.23. The van der Waals surface area contributed by atoms with Crippen LogP contribution >= 0.6 is 0 Å². The van der Waals surface area contributed by atoms with Gasteiger partial charge in [-0.1, -0.05) is 42.5 Å². The molecule has 29 heavy (non-hydrogen) atoms. The number of benzene rings is 2. The lowest BCUT2D eigenvalue weighted by atomic mass is 10.1. The Bertz CT molecular complexity index is 985. The van der Waals surface area contributed by atoms with Gasteiger partial charge in [0.25, 0.3) is 5.91 Å². The van der Waals surface area contributed by atoms with Crippen LogP contribution in [-0.4, -0.2) is 56.9 Å². The lowest BCUT2D eigenvalue weighted by Gasteiger charge is -2.22. The van der Waals surface area contributed by atoms with Crippen LogP contribution in [0.25, 0.3) is 11.4 Å². The second kappa shape index (κ2) is 8.74. The molecule has 0 saturated carbocycles. The van der Waals surface area contributed by atoms with Gasteiger partial charge in [-0.2, -0.15) is 9.90 Å². The number of nitrogens with zero attached hydrogens (tertiary/aromatic N) is 6. The first-order valence-corrected chi connectivity index (χ1v) is 9.64. The summed E-state index contributed by atoms with van der Waals surface area (Å²) in [5, 5.41) is 16.9. The van der Waals surface area contributed by atoms with Crippen molar-refractivity contribution in [1.29, 1.82) is 0 Å². The van der Waals surface area contributed by atoms with Crippen LogP contribution in [0.2, 0.25) is 0 Å². The Kier molecular flexibility index (Phi) is 5.71. The lowest BCUT2D eigenvalue weighted by Crippen LogP contribution is -2.32. The zero-order chi connectivity index (χ0) is 20.1. The minimum absolute atomic E-state index is 0.201. The molecule has 8 nitrogen and oxygen atoms in total. The maximum atomic E-state index is 12.3. The van der Waals surface area contributed by atoms with Crippen LogP contribution in [0.5, 0.6) is 0 Å². The summed E-state index contributed by atoms with van der Waals surface area (Å²) in [6.07, 6.45) is 1.79. The number of tetrazole rings is 1. The number of hydrazone groups is 1. The number of hydrogen-bond acceptors (Lipinski definition) is 6. The summed E-state index contributed by atoms with van der Waals surface area (Å²) in [4.78, 5) is 16.1. The quantitative estimate of drug-likeness (QED) is 0.676. The van der Waals surface area contributed by atoms with Gasteiger partial charge in [-0.3, -0.25) is 4.79 Å². The van der Waals surface area contributed by atoms with Gasteiger partial charge in [0.15, 0.2) is 0 Å². The largest absolute Gasteiger partial charge is 0.306 e. The maximum Gasteiger partial charge on any atom is 0.271 e. The standard InChI is InChI=1S/C21H23N7O/c1-27-13-11-19(12-14-27)22-24-21(29)18-9-7-16(8-10-18)15-28-25-20(23-26-28)17-5-3-2-4-6-17/h2-10H,11-15H2,1H3,(H,24,29). The van der Waals surface area contributed by atoms with E-state index in [-0.39, 0.29) is 5.91 Å². The van der Waals surface area contributed by atoms with Gasteiger partial charge >= 0.3 is 0 Å². The Morgan fingerprint density at radius 3 is 2.52 bits per heavy atom. The molecule has 1 aromatic heterocycles. The van der Waals surface area contributed by atoms with Gasteiger partial charge in [0.2, 0.25) is 5.82 Å². The SMILES string of the molecule is CN1CCC(=NNC(=O)c2ccc(Cn3nnc(-c4ccccc4)n3)cc2)CC1. The number of aromatic nitrogens is 4. The van der Waals surface area contributed by atoms with Crippen LogP contribution in [0.1, 0.15) is 28.8 Å². The fourth-order valence-electron chi connectivity index (χ4n) is 3.12. The van der Waals surface area contributed by atoms with Crippen LogP contribution in [0.3, 0.4) is 0 Å². The molecule has 1 amide bonds. The lowest BCUT2D eigenvalue weighted by molar-refractivity contribution is 0.0954. The molecule has 1 N–H and O–H groups in total. The molecule has 1 aliphatic rings. The van der Waals surface area contributed by atoms with E-state index in [1.165, 1.54) is 0 Å². The molecule has 1 fully saturated rings. The van der Waals surface area contributed by atoms with Crippen molar-refractivity contribution in [3.63, 3.8) is 0 Å². The minimum Gasteiger partial charge on any atom is -0.306 e. The van der Waals surface area contributed by atoms with E-state index in [4.69, 9.17) is 0 Å². The Hall–Kier alpha value is -3.39. The fourth-order valence-corrected chi connectivity index (χ4v) is 3.12. The number of carbonyl (C=O) groups is 1. The Morgan fingerprint density at radius 1 is 1.07 bits per heavy atom. The number of carbonyl (C=O) groups excluding carboxylic acids is 1. The minimum atomic E-state index is -0.201. The van der Waals surface area contributed by atoms with Crippen molar-refractivity contribution in [2.75, 3.05) is 20.1 Å². The fraction of sp³-hybridized carbons (Fsp3) is 0.286. The highest BCUT2D eigenvalue weighted by atomic mass is 16.2. The molecule has 0 aliphatic carbocycles. The predicted molar refractivity (Wildman–Crippen MR) is 110 cm³/mol. The van der Waals surface area contributed by atoms with Crippen molar-refractivity contribution < 1.29 is 4.79 Å². The van der Waals surface area contributed by atoms with Crippen molar-refractivity contribution in [2.24, 2.45) is 5.10 Å². The third kappa shape index (κ3) is 4.91. The summed E-state index contributed by atoms with van der Waals surface area (Å²) in [5.41, 5.74) is 6.19. The number of hydrogen-bond donors (Lipinski definition) is 1. The topological polar surface area (TPSA) is 88.3 Å². The zero-order valence-corrected chi connectivity index (χ0v) is 16.3. The third-order valence-electron chi connectivity index (χ3n) is 4.90. The van der Waals surface area contributed by atoms with Gasteiger partial charge in [-0.15, -0.1) is 10.2 Å². The number of rotatable bonds is 5. The highest BCUT2D eigenvalue weighted by molar-refractivity contribution is 5.95. The number of likely N-dealkylation sites (tertiary alicyclic amines) is 1. The van der Waals surface area contributed by atoms with Gasteiger partial charge in [0, 0.05) is 42.8 Å². The number of nitrogens with one attached hydrogen (secondary N) is 1. The van der Waals surface area contributed by atoms with Gasteiger partial charge in [0.1, 0.15) is 0 Å². The zero-order valence-electron chi connectivity index (χ0n) is 16.3. The van der Waals surface area contributed by atoms with Crippen molar-refractivity contribution >= 4 is 11.6 Å². The molecular formula is C21H23N7O. The van der Waals surface area contributed by atoms with Crippen molar-refractivity contribution in [3.8, 4) is 11.4 Å². The van der Waals surface area contributed by atoms with E-state index < -0.39 is 0 Å². The number of amides is 1. The van der Waals surface area contributed by atoms with Gasteiger partial charge in [0.05, 0.1) is 6.54 Å². The molecule has 1 saturated heterocycles. The summed E-state index contributed by atoms with van der Waals surface area (Å²) in [5.74, 6) is 0.392. The molecule has 0 spiro atoms. The highest BCUT2D eigenvalue weighted by Gasteiger charge is 2.12. The van der Waals surface area contributed by atoms with E-state index in [1.54, 1.807) is 16.9 Å². The molecule has 0 unspecified atom stereocenters.